The van der Waals surface area contributed by atoms with Crippen molar-refractivity contribution in [3.63, 3.8) is 0 Å². The molecule has 0 amide bonds. The number of nitrogens with zero attached hydrogens (tertiary/aromatic N) is 4. The number of piperazine rings is 1. The van der Waals surface area contributed by atoms with Crippen LogP contribution in [-0.2, 0) is 23.6 Å². The Balaban J connectivity index is 1.77. The lowest BCUT2D eigenvalue weighted by Gasteiger charge is -2.34. The number of sulfonamides is 1. The lowest BCUT2D eigenvalue weighted by atomic mass is 10.1. The van der Waals surface area contributed by atoms with Gasteiger partial charge in [-0.3, -0.25) is 9.58 Å². The van der Waals surface area contributed by atoms with Crippen molar-refractivity contribution in [2.75, 3.05) is 26.2 Å². The molecule has 1 aromatic carbocycles. The van der Waals surface area contributed by atoms with Gasteiger partial charge < -0.3 is 10.2 Å². The molecule has 1 aromatic heterocycles. The molecule has 1 aliphatic heterocycles. The highest BCUT2D eigenvalue weighted by Gasteiger charge is 2.32. The number of carboxylic acid groups (broad SMARTS) is 2. The number of hydrogen-bond donors (Lipinski definition) is 2. The Morgan fingerprint density at radius 1 is 1.13 bits per heavy atom. The van der Waals surface area contributed by atoms with Crippen LogP contribution in [0, 0.1) is 12.7 Å². The number of rotatable bonds is 6. The molecular weight excluding hydrogens is 419 g/mol. The van der Waals surface area contributed by atoms with Crippen LogP contribution < -0.4 is 0 Å². The first kappa shape index (κ1) is 21.9. The maximum absolute atomic E-state index is 14.1. The van der Waals surface area contributed by atoms with Crippen LogP contribution in [0.5, 0.6) is 0 Å². The van der Waals surface area contributed by atoms with Gasteiger partial charge in [0.2, 0.25) is 10.0 Å². The van der Waals surface area contributed by atoms with E-state index in [1.165, 1.54) is 22.1 Å². The molecule has 0 unspecified atom stereocenters. The van der Waals surface area contributed by atoms with E-state index in [1.54, 1.807) is 7.05 Å². The van der Waals surface area contributed by atoms with Gasteiger partial charge in [0.05, 0.1) is 22.3 Å². The maximum Gasteiger partial charge on any atom is 0.339 e. The normalized spacial score (nSPS) is 16.0. The van der Waals surface area contributed by atoms with Gasteiger partial charge in [0, 0.05) is 45.3 Å². The number of carboxylic acids is 2. The molecule has 1 fully saturated rings. The van der Waals surface area contributed by atoms with E-state index >= 15 is 0 Å². The zero-order valence-electron chi connectivity index (χ0n) is 16.4. The third-order valence-corrected chi connectivity index (χ3v) is 7.18. The molecule has 0 aliphatic carbocycles. The van der Waals surface area contributed by atoms with Crippen molar-refractivity contribution in [1.29, 1.82) is 0 Å². The van der Waals surface area contributed by atoms with Crippen LogP contribution in [0.3, 0.4) is 0 Å². The van der Waals surface area contributed by atoms with Gasteiger partial charge in [-0.15, -0.1) is 0 Å². The van der Waals surface area contributed by atoms with E-state index in [2.05, 4.69) is 5.10 Å². The van der Waals surface area contributed by atoms with Crippen molar-refractivity contribution < 1.29 is 32.6 Å². The molecule has 1 aliphatic rings. The van der Waals surface area contributed by atoms with Gasteiger partial charge in [0.25, 0.3) is 0 Å². The summed E-state index contributed by atoms with van der Waals surface area (Å²) < 4.78 is 42.8. The van der Waals surface area contributed by atoms with Crippen LogP contribution in [-0.4, -0.2) is 75.7 Å². The average Bonchev–Trinajstić information content (AvgIpc) is 3.04. The highest BCUT2D eigenvalue weighted by Crippen LogP contribution is 2.25. The van der Waals surface area contributed by atoms with Gasteiger partial charge in [-0.2, -0.15) is 9.40 Å². The Bertz CT molecular complexity index is 1110. The standard InChI is InChI=1S/C18H21FN4O6S/c1-11-14(19)7-12(17(24)25)8-16(11)30(28,29)23-5-3-22(4-6-23)10-15-13(18(26)27)9-20-21(15)2/h7-9H,3-6,10H2,1-2H3,(H,24,25)(H,26,27). The summed E-state index contributed by atoms with van der Waals surface area (Å²) >= 11 is 0. The number of aromatic carboxylic acids is 2. The van der Waals surface area contributed by atoms with Crippen LogP contribution in [0.15, 0.2) is 23.2 Å². The van der Waals surface area contributed by atoms with E-state index in [1.807, 2.05) is 4.90 Å². The number of carbonyl (C=O) groups is 2. The predicted octanol–water partition coefficient (Wildman–Crippen LogP) is 0.771. The van der Waals surface area contributed by atoms with Crippen LogP contribution in [0.4, 0.5) is 4.39 Å². The summed E-state index contributed by atoms with van der Waals surface area (Å²) in [5.41, 5.74) is 0.0196. The van der Waals surface area contributed by atoms with E-state index in [0.717, 1.165) is 12.1 Å². The number of halogens is 1. The lowest BCUT2D eigenvalue weighted by molar-refractivity contribution is 0.0684. The van der Waals surface area contributed by atoms with Crippen LogP contribution >= 0.6 is 0 Å². The maximum atomic E-state index is 14.1. The first-order chi connectivity index (χ1) is 14.0. The van der Waals surface area contributed by atoms with Gasteiger partial charge in [0.15, 0.2) is 0 Å². The van der Waals surface area contributed by atoms with Crippen LogP contribution in [0.2, 0.25) is 0 Å². The van der Waals surface area contributed by atoms with E-state index in [-0.39, 0.29) is 35.7 Å². The molecule has 0 atom stereocenters. The molecular formula is C18H21FN4O6S. The highest BCUT2D eigenvalue weighted by atomic mass is 32.2. The Hall–Kier alpha value is -2.83. The topological polar surface area (TPSA) is 133 Å². The molecule has 0 saturated carbocycles. The molecule has 1 saturated heterocycles. The van der Waals surface area contributed by atoms with E-state index in [0.29, 0.717) is 18.8 Å². The van der Waals surface area contributed by atoms with Gasteiger partial charge in [-0.1, -0.05) is 0 Å². The fourth-order valence-corrected chi connectivity index (χ4v) is 5.04. The quantitative estimate of drug-likeness (QED) is 0.673. The largest absolute Gasteiger partial charge is 0.478 e. The van der Waals surface area contributed by atoms with Gasteiger partial charge in [-0.25, -0.2) is 22.4 Å². The fourth-order valence-electron chi connectivity index (χ4n) is 3.35. The smallest absolute Gasteiger partial charge is 0.339 e. The Kier molecular flexibility index (Phi) is 5.92. The fraction of sp³-hybridized carbons (Fsp3) is 0.389. The van der Waals surface area contributed by atoms with Crippen LogP contribution in [0.25, 0.3) is 0 Å². The molecule has 0 radical (unpaired) electrons. The summed E-state index contributed by atoms with van der Waals surface area (Å²) in [7, 11) is -2.46. The summed E-state index contributed by atoms with van der Waals surface area (Å²) in [6, 6.07) is 1.76. The minimum absolute atomic E-state index is 0.0872. The summed E-state index contributed by atoms with van der Waals surface area (Å²) in [6.07, 6.45) is 1.27. The van der Waals surface area contributed by atoms with Crippen molar-refractivity contribution in [1.82, 2.24) is 19.0 Å². The van der Waals surface area contributed by atoms with Gasteiger partial charge in [-0.05, 0) is 19.1 Å². The molecule has 3 rings (SSSR count). The SMILES string of the molecule is Cc1c(F)cc(C(=O)O)cc1S(=O)(=O)N1CCN(Cc2c(C(=O)O)cnn2C)CC1. The van der Waals surface area contributed by atoms with Crippen molar-refractivity contribution in [3.8, 4) is 0 Å². The zero-order chi connectivity index (χ0) is 22.2. The first-order valence-electron chi connectivity index (χ1n) is 9.02. The third-order valence-electron chi connectivity index (χ3n) is 5.16. The molecule has 0 spiro atoms. The van der Waals surface area contributed by atoms with Crippen LogP contribution in [0.1, 0.15) is 32.0 Å². The number of benzene rings is 1. The molecule has 10 nitrogen and oxygen atoms in total. The van der Waals surface area contributed by atoms with Gasteiger partial charge >= 0.3 is 11.9 Å². The summed E-state index contributed by atoms with van der Waals surface area (Å²) in [4.78, 5) is 24.0. The van der Waals surface area contributed by atoms with Crippen molar-refractivity contribution >= 4 is 22.0 Å². The van der Waals surface area contributed by atoms with Gasteiger partial charge in [0.1, 0.15) is 11.4 Å². The molecule has 12 heteroatoms. The average molecular weight is 440 g/mol. The second kappa shape index (κ2) is 8.13. The minimum Gasteiger partial charge on any atom is -0.478 e. The number of hydrogen-bond acceptors (Lipinski definition) is 6. The molecule has 2 heterocycles. The van der Waals surface area contributed by atoms with E-state index in [4.69, 9.17) is 5.11 Å². The third kappa shape index (κ3) is 4.06. The Morgan fingerprint density at radius 2 is 1.77 bits per heavy atom. The number of aromatic nitrogens is 2. The molecule has 2 N–H and O–H groups in total. The zero-order valence-corrected chi connectivity index (χ0v) is 17.2. The first-order valence-corrected chi connectivity index (χ1v) is 10.5. The molecule has 0 bridgehead atoms. The van der Waals surface area contributed by atoms with E-state index in [9.17, 15) is 27.5 Å². The lowest BCUT2D eigenvalue weighted by Crippen LogP contribution is -2.48. The highest BCUT2D eigenvalue weighted by molar-refractivity contribution is 7.89. The second-order valence-corrected chi connectivity index (χ2v) is 8.91. The van der Waals surface area contributed by atoms with Crippen molar-refractivity contribution in [2.45, 2.75) is 18.4 Å². The van der Waals surface area contributed by atoms with Crippen molar-refractivity contribution in [2.24, 2.45) is 7.05 Å². The number of aryl methyl sites for hydroxylation is 1. The molecule has 162 valence electrons. The Labute approximate surface area is 172 Å². The van der Waals surface area contributed by atoms with Crippen molar-refractivity contribution in [3.05, 3.63) is 46.5 Å². The Morgan fingerprint density at radius 3 is 2.33 bits per heavy atom. The predicted molar refractivity (Wildman–Crippen MR) is 102 cm³/mol. The monoisotopic (exact) mass is 440 g/mol. The second-order valence-electron chi connectivity index (χ2n) is 7.00. The summed E-state index contributed by atoms with van der Waals surface area (Å²) in [5.74, 6) is -3.40. The molecule has 2 aromatic rings. The minimum atomic E-state index is -4.09. The summed E-state index contributed by atoms with van der Waals surface area (Å²) in [6.45, 7) is 2.42. The summed E-state index contributed by atoms with van der Waals surface area (Å²) in [5, 5.41) is 22.3. The molecule has 30 heavy (non-hydrogen) atoms. The van der Waals surface area contributed by atoms with E-state index < -0.39 is 33.3 Å².